The molecule has 0 bridgehead atoms. The number of anilines is 1. The van der Waals surface area contributed by atoms with Gasteiger partial charge in [-0.25, -0.2) is 0 Å². The van der Waals surface area contributed by atoms with Crippen molar-refractivity contribution in [2.75, 3.05) is 11.9 Å². The summed E-state index contributed by atoms with van der Waals surface area (Å²) in [5.74, 6) is 0. The van der Waals surface area contributed by atoms with Crippen LogP contribution >= 0.6 is 0 Å². The van der Waals surface area contributed by atoms with Gasteiger partial charge in [0.25, 0.3) is 0 Å². The molecule has 0 radical (unpaired) electrons. The van der Waals surface area contributed by atoms with Crippen LogP contribution in [0.1, 0.15) is 31.2 Å². The molecule has 3 heteroatoms. The molecule has 17 heavy (non-hydrogen) atoms. The summed E-state index contributed by atoms with van der Waals surface area (Å²) >= 11 is 0. The number of rotatable bonds is 2. The summed E-state index contributed by atoms with van der Waals surface area (Å²) in [5.41, 5.74) is 1.59. The molecule has 0 aliphatic heterocycles. The Balaban J connectivity index is 2.24. The van der Waals surface area contributed by atoms with Crippen molar-refractivity contribution in [2.24, 2.45) is 0 Å². The minimum atomic E-state index is -0.277. The van der Waals surface area contributed by atoms with Crippen LogP contribution in [0.4, 0.5) is 5.69 Å². The fraction of sp³-hybridized carbons (Fsp3) is 0.500. The SMILES string of the molecule is CN(c1ccccc1C#N)[C@H]1CCCC[C@@H]1O. The van der Waals surface area contributed by atoms with Crippen LogP contribution in [0.15, 0.2) is 24.3 Å². The van der Waals surface area contributed by atoms with E-state index in [1.807, 2.05) is 31.3 Å². The molecular formula is C14H18N2O. The van der Waals surface area contributed by atoms with Gasteiger partial charge in [0.15, 0.2) is 0 Å². The fourth-order valence-corrected chi connectivity index (χ4v) is 2.60. The fourth-order valence-electron chi connectivity index (χ4n) is 2.60. The lowest BCUT2D eigenvalue weighted by atomic mass is 9.91. The molecule has 1 saturated carbocycles. The van der Waals surface area contributed by atoms with Gasteiger partial charge in [0, 0.05) is 7.05 Å². The van der Waals surface area contributed by atoms with Crippen LogP contribution in [-0.2, 0) is 0 Å². The summed E-state index contributed by atoms with van der Waals surface area (Å²) in [6, 6.07) is 9.91. The first-order valence-corrected chi connectivity index (χ1v) is 6.14. The lowest BCUT2D eigenvalue weighted by Crippen LogP contribution is -2.43. The molecular weight excluding hydrogens is 212 g/mol. The smallest absolute Gasteiger partial charge is 0.101 e. The normalized spacial score (nSPS) is 24.1. The molecule has 2 atom stereocenters. The number of nitriles is 1. The van der Waals surface area contributed by atoms with E-state index >= 15 is 0 Å². The highest BCUT2D eigenvalue weighted by atomic mass is 16.3. The van der Waals surface area contributed by atoms with E-state index in [1.165, 1.54) is 0 Å². The molecule has 1 fully saturated rings. The van der Waals surface area contributed by atoms with Crippen molar-refractivity contribution in [3.8, 4) is 6.07 Å². The van der Waals surface area contributed by atoms with E-state index in [2.05, 4.69) is 11.0 Å². The average Bonchev–Trinajstić information content (AvgIpc) is 2.38. The minimum absolute atomic E-state index is 0.137. The second kappa shape index (κ2) is 5.20. The van der Waals surface area contributed by atoms with Gasteiger partial charge in [0.2, 0.25) is 0 Å². The van der Waals surface area contributed by atoms with Crippen LogP contribution in [0.2, 0.25) is 0 Å². The van der Waals surface area contributed by atoms with E-state index in [4.69, 9.17) is 5.26 Å². The first kappa shape index (κ1) is 11.9. The number of aliphatic hydroxyl groups excluding tert-OH is 1. The van der Waals surface area contributed by atoms with Crippen LogP contribution in [0.25, 0.3) is 0 Å². The molecule has 90 valence electrons. The third kappa shape index (κ3) is 2.42. The Labute approximate surface area is 102 Å². The maximum absolute atomic E-state index is 10.0. The summed E-state index contributed by atoms with van der Waals surface area (Å²) in [4.78, 5) is 2.06. The second-order valence-corrected chi connectivity index (χ2v) is 4.66. The van der Waals surface area contributed by atoms with Gasteiger partial charge < -0.3 is 10.0 Å². The number of hydrogen-bond donors (Lipinski definition) is 1. The Morgan fingerprint density at radius 1 is 1.29 bits per heavy atom. The molecule has 3 nitrogen and oxygen atoms in total. The standard InChI is InChI=1S/C14H18N2O/c1-16(13-8-4-5-9-14(13)17)12-7-3-2-6-11(12)10-15/h2-3,6-7,13-14,17H,4-5,8-9H2,1H3/t13-,14-/m0/s1. The third-order valence-corrected chi connectivity index (χ3v) is 3.60. The van der Waals surface area contributed by atoms with Gasteiger partial charge in [0.05, 0.1) is 23.4 Å². The maximum atomic E-state index is 10.0. The van der Waals surface area contributed by atoms with E-state index in [-0.39, 0.29) is 12.1 Å². The minimum Gasteiger partial charge on any atom is -0.391 e. The van der Waals surface area contributed by atoms with Crippen LogP contribution in [0, 0.1) is 11.3 Å². The maximum Gasteiger partial charge on any atom is 0.101 e. The van der Waals surface area contributed by atoms with Gasteiger partial charge in [-0.05, 0) is 25.0 Å². The molecule has 1 aromatic rings. The number of hydrogen-bond acceptors (Lipinski definition) is 3. The molecule has 0 spiro atoms. The molecule has 2 rings (SSSR count). The quantitative estimate of drug-likeness (QED) is 0.848. The lowest BCUT2D eigenvalue weighted by molar-refractivity contribution is 0.106. The largest absolute Gasteiger partial charge is 0.391 e. The predicted molar refractivity (Wildman–Crippen MR) is 67.8 cm³/mol. The van der Waals surface area contributed by atoms with Crippen molar-refractivity contribution in [3.63, 3.8) is 0 Å². The van der Waals surface area contributed by atoms with E-state index < -0.39 is 0 Å². The van der Waals surface area contributed by atoms with Crippen LogP contribution < -0.4 is 4.90 Å². The Kier molecular flexibility index (Phi) is 3.65. The Hall–Kier alpha value is -1.53. The molecule has 1 aliphatic carbocycles. The van der Waals surface area contributed by atoms with E-state index in [0.29, 0.717) is 5.56 Å². The van der Waals surface area contributed by atoms with Gasteiger partial charge in [0.1, 0.15) is 6.07 Å². The van der Waals surface area contributed by atoms with Gasteiger partial charge in [-0.2, -0.15) is 5.26 Å². The van der Waals surface area contributed by atoms with E-state index in [9.17, 15) is 5.11 Å². The number of likely N-dealkylation sites (N-methyl/N-ethyl adjacent to an activating group) is 1. The molecule has 0 heterocycles. The van der Waals surface area contributed by atoms with Crippen molar-refractivity contribution in [2.45, 2.75) is 37.8 Å². The highest BCUT2D eigenvalue weighted by Gasteiger charge is 2.27. The molecule has 0 amide bonds. The summed E-state index contributed by atoms with van der Waals surface area (Å²) in [5, 5.41) is 19.1. The van der Waals surface area contributed by atoms with Crippen molar-refractivity contribution < 1.29 is 5.11 Å². The number of para-hydroxylation sites is 1. The Morgan fingerprint density at radius 3 is 2.71 bits per heavy atom. The molecule has 1 N–H and O–H groups in total. The van der Waals surface area contributed by atoms with Gasteiger partial charge in [-0.1, -0.05) is 25.0 Å². The first-order valence-electron chi connectivity index (χ1n) is 6.14. The lowest BCUT2D eigenvalue weighted by Gasteiger charge is -2.37. The Bertz CT molecular complexity index is 424. The van der Waals surface area contributed by atoms with Gasteiger partial charge >= 0.3 is 0 Å². The molecule has 0 unspecified atom stereocenters. The average molecular weight is 230 g/mol. The van der Waals surface area contributed by atoms with E-state index in [0.717, 1.165) is 31.4 Å². The van der Waals surface area contributed by atoms with Crippen LogP contribution in [0.5, 0.6) is 0 Å². The van der Waals surface area contributed by atoms with Crippen LogP contribution in [-0.4, -0.2) is 24.3 Å². The molecule has 0 saturated heterocycles. The predicted octanol–water partition coefficient (Wildman–Crippen LogP) is 2.30. The monoisotopic (exact) mass is 230 g/mol. The first-order chi connectivity index (χ1) is 8.24. The summed E-state index contributed by atoms with van der Waals surface area (Å²) in [6.07, 6.45) is 3.84. The topological polar surface area (TPSA) is 47.3 Å². The zero-order chi connectivity index (χ0) is 12.3. The zero-order valence-electron chi connectivity index (χ0n) is 10.1. The van der Waals surface area contributed by atoms with E-state index in [1.54, 1.807) is 0 Å². The van der Waals surface area contributed by atoms with Crippen LogP contribution in [0.3, 0.4) is 0 Å². The van der Waals surface area contributed by atoms with Crippen molar-refractivity contribution in [1.82, 2.24) is 0 Å². The van der Waals surface area contributed by atoms with Crippen molar-refractivity contribution in [1.29, 1.82) is 5.26 Å². The molecule has 0 aromatic heterocycles. The summed E-state index contributed by atoms with van der Waals surface area (Å²) in [6.45, 7) is 0. The van der Waals surface area contributed by atoms with Crippen molar-refractivity contribution in [3.05, 3.63) is 29.8 Å². The molecule has 1 aliphatic rings. The second-order valence-electron chi connectivity index (χ2n) is 4.66. The molecule has 1 aromatic carbocycles. The number of benzene rings is 1. The highest BCUT2D eigenvalue weighted by molar-refractivity contribution is 5.59. The van der Waals surface area contributed by atoms with Gasteiger partial charge in [-0.15, -0.1) is 0 Å². The van der Waals surface area contributed by atoms with Crippen molar-refractivity contribution >= 4 is 5.69 Å². The summed E-state index contributed by atoms with van der Waals surface area (Å²) < 4.78 is 0. The highest BCUT2D eigenvalue weighted by Crippen LogP contribution is 2.28. The zero-order valence-corrected chi connectivity index (χ0v) is 10.1. The Morgan fingerprint density at radius 2 is 2.00 bits per heavy atom. The number of nitrogens with zero attached hydrogens (tertiary/aromatic N) is 2. The summed E-state index contributed by atoms with van der Waals surface area (Å²) in [7, 11) is 1.97. The third-order valence-electron chi connectivity index (χ3n) is 3.60. The van der Waals surface area contributed by atoms with Gasteiger partial charge in [-0.3, -0.25) is 0 Å². The number of aliphatic hydroxyl groups is 1.